The van der Waals surface area contributed by atoms with Crippen molar-refractivity contribution in [3.05, 3.63) is 64.2 Å². The number of rotatable bonds is 9. The van der Waals surface area contributed by atoms with E-state index in [-0.39, 0.29) is 18.1 Å². The molecule has 0 fully saturated rings. The van der Waals surface area contributed by atoms with E-state index in [1.54, 1.807) is 32.9 Å². The average molecular weight is 480 g/mol. The van der Waals surface area contributed by atoms with Crippen molar-refractivity contribution in [1.82, 2.24) is 10.2 Å². The molecule has 2 rings (SSSR count). The van der Waals surface area contributed by atoms with Crippen LogP contribution in [0, 0.1) is 13.8 Å². The molecule has 0 unspecified atom stereocenters. The molecule has 7 nitrogen and oxygen atoms in total. The number of sulfonamides is 1. The summed E-state index contributed by atoms with van der Waals surface area (Å²) < 4.78 is 26.1. The predicted molar refractivity (Wildman–Crippen MR) is 128 cm³/mol. The van der Waals surface area contributed by atoms with Crippen LogP contribution in [0.25, 0.3) is 0 Å². The maximum atomic E-state index is 13.4. The number of likely N-dealkylation sites (N-methyl/N-ethyl adjacent to an activating group) is 1. The smallest absolute Gasteiger partial charge is 0.244 e. The molecule has 9 heteroatoms. The van der Waals surface area contributed by atoms with Crippen LogP contribution in [-0.2, 0) is 26.2 Å². The maximum absolute atomic E-state index is 13.4. The number of nitrogens with zero attached hydrogens (tertiary/aromatic N) is 2. The van der Waals surface area contributed by atoms with Crippen molar-refractivity contribution in [3.8, 4) is 0 Å². The molecule has 1 N–H and O–H groups in total. The van der Waals surface area contributed by atoms with Crippen LogP contribution in [-0.4, -0.2) is 50.5 Å². The Labute approximate surface area is 195 Å². The minimum Gasteiger partial charge on any atom is -0.355 e. The summed E-state index contributed by atoms with van der Waals surface area (Å²) in [5.41, 5.74) is 2.93. The summed E-state index contributed by atoms with van der Waals surface area (Å²) in [6.45, 7) is 7.31. The number of hydrogen-bond acceptors (Lipinski definition) is 4. The second kappa shape index (κ2) is 10.8. The van der Waals surface area contributed by atoms with Gasteiger partial charge in [0.15, 0.2) is 0 Å². The van der Waals surface area contributed by atoms with Crippen molar-refractivity contribution in [1.29, 1.82) is 0 Å². The number of aryl methyl sites for hydroxylation is 2. The molecule has 0 aromatic heterocycles. The fourth-order valence-electron chi connectivity index (χ4n) is 3.23. The lowest BCUT2D eigenvalue weighted by molar-refractivity contribution is -0.139. The highest BCUT2D eigenvalue weighted by molar-refractivity contribution is 7.92. The molecule has 0 aliphatic rings. The Morgan fingerprint density at radius 3 is 2.31 bits per heavy atom. The van der Waals surface area contributed by atoms with Crippen molar-refractivity contribution in [2.24, 2.45) is 0 Å². The number of benzene rings is 2. The van der Waals surface area contributed by atoms with Gasteiger partial charge in [0.2, 0.25) is 21.8 Å². The van der Waals surface area contributed by atoms with E-state index in [4.69, 9.17) is 11.6 Å². The largest absolute Gasteiger partial charge is 0.355 e. The molecule has 2 aromatic rings. The average Bonchev–Trinajstić information content (AvgIpc) is 2.72. The van der Waals surface area contributed by atoms with E-state index in [0.717, 1.165) is 27.3 Å². The molecule has 0 radical (unpaired) electrons. The van der Waals surface area contributed by atoms with Gasteiger partial charge in [0.1, 0.15) is 12.6 Å². The van der Waals surface area contributed by atoms with Gasteiger partial charge in [-0.15, -0.1) is 0 Å². The summed E-state index contributed by atoms with van der Waals surface area (Å²) in [6, 6.07) is 11.6. The summed E-state index contributed by atoms with van der Waals surface area (Å²) in [6.07, 6.45) is 1.03. The van der Waals surface area contributed by atoms with E-state index in [1.807, 2.05) is 31.2 Å². The summed E-state index contributed by atoms with van der Waals surface area (Å²) in [7, 11) is -3.79. The molecule has 0 bridgehead atoms. The van der Waals surface area contributed by atoms with E-state index >= 15 is 0 Å². The summed E-state index contributed by atoms with van der Waals surface area (Å²) >= 11 is 6.19. The Balaban J connectivity index is 2.42. The van der Waals surface area contributed by atoms with Crippen LogP contribution >= 0.6 is 11.6 Å². The van der Waals surface area contributed by atoms with Crippen LogP contribution in [0.3, 0.4) is 0 Å². The Bertz CT molecular complexity index is 1090. The van der Waals surface area contributed by atoms with Gasteiger partial charge in [-0.2, -0.15) is 0 Å². The lowest BCUT2D eigenvalue weighted by atomic mass is 10.1. The van der Waals surface area contributed by atoms with Crippen molar-refractivity contribution in [2.75, 3.05) is 23.7 Å². The van der Waals surface area contributed by atoms with Crippen molar-refractivity contribution >= 4 is 39.1 Å². The molecule has 174 valence electrons. The van der Waals surface area contributed by atoms with Gasteiger partial charge in [0, 0.05) is 18.1 Å². The van der Waals surface area contributed by atoms with Crippen molar-refractivity contribution < 1.29 is 18.0 Å². The molecule has 0 saturated carbocycles. The number of carbonyl (C=O) groups excluding carboxylic acids is 2. The molecule has 0 aliphatic heterocycles. The fourth-order valence-corrected chi connectivity index (χ4v) is 4.24. The minimum atomic E-state index is -3.79. The van der Waals surface area contributed by atoms with Gasteiger partial charge in [-0.1, -0.05) is 41.9 Å². The van der Waals surface area contributed by atoms with E-state index in [0.29, 0.717) is 11.6 Å². The fraction of sp³-hybridized carbons (Fsp3) is 0.391. The van der Waals surface area contributed by atoms with Crippen LogP contribution in [0.2, 0.25) is 5.02 Å². The second-order valence-electron chi connectivity index (χ2n) is 7.72. The molecule has 2 aromatic carbocycles. The molecule has 0 saturated heterocycles. The zero-order valence-corrected chi connectivity index (χ0v) is 20.6. The Hall–Kier alpha value is -2.58. The number of carbonyl (C=O) groups is 2. The highest BCUT2D eigenvalue weighted by Crippen LogP contribution is 2.25. The number of halogens is 1. The predicted octanol–water partition coefficient (Wildman–Crippen LogP) is 3.28. The Kier molecular flexibility index (Phi) is 8.69. The van der Waals surface area contributed by atoms with Crippen LogP contribution in [0.4, 0.5) is 5.69 Å². The lowest BCUT2D eigenvalue weighted by Crippen LogP contribution is -2.51. The first kappa shape index (κ1) is 25.7. The quantitative estimate of drug-likeness (QED) is 0.598. The molecular weight excluding hydrogens is 450 g/mol. The van der Waals surface area contributed by atoms with E-state index in [2.05, 4.69) is 5.32 Å². The first-order chi connectivity index (χ1) is 15.0. The van der Waals surface area contributed by atoms with Crippen LogP contribution in [0.15, 0.2) is 42.5 Å². The van der Waals surface area contributed by atoms with Gasteiger partial charge in [-0.05, 0) is 56.5 Å². The number of nitrogens with one attached hydrogen (secondary N) is 1. The van der Waals surface area contributed by atoms with Gasteiger partial charge < -0.3 is 10.2 Å². The minimum absolute atomic E-state index is 0.177. The van der Waals surface area contributed by atoms with Gasteiger partial charge in [-0.25, -0.2) is 8.42 Å². The number of amides is 2. The summed E-state index contributed by atoms with van der Waals surface area (Å²) in [4.78, 5) is 27.3. The van der Waals surface area contributed by atoms with Crippen LogP contribution < -0.4 is 9.62 Å². The molecule has 0 spiro atoms. The second-order valence-corrected chi connectivity index (χ2v) is 10.0. The molecule has 0 heterocycles. The highest BCUT2D eigenvalue weighted by atomic mass is 35.5. The Morgan fingerprint density at radius 2 is 1.75 bits per heavy atom. The topological polar surface area (TPSA) is 86.8 Å². The zero-order valence-electron chi connectivity index (χ0n) is 19.1. The molecule has 1 atom stereocenters. The van der Waals surface area contributed by atoms with Gasteiger partial charge in [0.05, 0.1) is 11.9 Å². The Morgan fingerprint density at radius 1 is 1.09 bits per heavy atom. The van der Waals surface area contributed by atoms with Crippen LogP contribution in [0.1, 0.15) is 30.5 Å². The van der Waals surface area contributed by atoms with E-state index in [9.17, 15) is 18.0 Å². The van der Waals surface area contributed by atoms with Crippen LogP contribution in [0.5, 0.6) is 0 Å². The van der Waals surface area contributed by atoms with Gasteiger partial charge in [0.25, 0.3) is 0 Å². The summed E-state index contributed by atoms with van der Waals surface area (Å²) in [5.74, 6) is -0.798. The van der Waals surface area contributed by atoms with Gasteiger partial charge >= 0.3 is 0 Å². The standard InChI is InChI=1S/C23H30ClN3O4S/c1-6-25-23(29)18(4)26(14-19-10-8-7-9-16(19)2)22(28)15-27(32(5,30)31)20-12-11-17(3)21(24)13-20/h7-13,18H,6,14-15H2,1-5H3,(H,25,29)/t18-/m1/s1. The summed E-state index contributed by atoms with van der Waals surface area (Å²) in [5, 5.41) is 3.13. The molecule has 32 heavy (non-hydrogen) atoms. The first-order valence-corrected chi connectivity index (χ1v) is 12.5. The first-order valence-electron chi connectivity index (χ1n) is 10.3. The number of anilines is 1. The van der Waals surface area contributed by atoms with Crippen molar-refractivity contribution in [2.45, 2.75) is 40.3 Å². The van der Waals surface area contributed by atoms with E-state index < -0.39 is 28.5 Å². The zero-order chi connectivity index (χ0) is 24.1. The maximum Gasteiger partial charge on any atom is 0.244 e. The molecule has 2 amide bonds. The van der Waals surface area contributed by atoms with Crippen molar-refractivity contribution in [3.63, 3.8) is 0 Å². The monoisotopic (exact) mass is 479 g/mol. The molecular formula is C23H30ClN3O4S. The van der Waals surface area contributed by atoms with Gasteiger partial charge in [-0.3, -0.25) is 13.9 Å². The highest BCUT2D eigenvalue weighted by Gasteiger charge is 2.30. The third kappa shape index (κ3) is 6.46. The third-order valence-electron chi connectivity index (χ3n) is 5.24. The molecule has 0 aliphatic carbocycles. The number of hydrogen-bond donors (Lipinski definition) is 1. The third-order valence-corrected chi connectivity index (χ3v) is 6.79. The SMILES string of the molecule is CCNC(=O)[C@@H](C)N(Cc1ccccc1C)C(=O)CN(c1ccc(C)c(Cl)c1)S(C)(=O)=O. The lowest BCUT2D eigenvalue weighted by Gasteiger charge is -2.31. The normalized spacial score (nSPS) is 12.2. The van der Waals surface area contributed by atoms with E-state index in [1.165, 1.54) is 11.0 Å².